The van der Waals surface area contributed by atoms with Crippen LogP contribution in [0.4, 0.5) is 5.69 Å². The van der Waals surface area contributed by atoms with E-state index in [1.165, 1.54) is 23.9 Å². The molecule has 0 aliphatic carbocycles. The fraction of sp³-hybridized carbons (Fsp3) is 0.148. The fourth-order valence-electron chi connectivity index (χ4n) is 3.50. The van der Waals surface area contributed by atoms with Gasteiger partial charge in [0.1, 0.15) is 6.61 Å². The summed E-state index contributed by atoms with van der Waals surface area (Å²) >= 11 is 13.4. The Morgan fingerprint density at radius 2 is 1.84 bits per heavy atom. The Morgan fingerprint density at radius 3 is 2.49 bits per heavy atom. The van der Waals surface area contributed by atoms with Crippen molar-refractivity contribution in [2.45, 2.75) is 13.5 Å². The maximum absolute atomic E-state index is 13.0. The third kappa shape index (κ3) is 6.28. The SMILES string of the molecule is CCN1C(=O)C(=Cc2ccc(OCc3ccc(Cl)cc3Cl)c(OC)c2)SC1=Nc1ccc(C(=O)O)cc1. The molecular formula is C27H22Cl2N2O5S. The molecule has 0 aromatic heterocycles. The third-order valence-corrected chi connectivity index (χ3v) is 7.02. The van der Waals surface area contributed by atoms with Crippen molar-refractivity contribution in [3.05, 3.63) is 92.3 Å². The van der Waals surface area contributed by atoms with Crippen LogP contribution in [0.5, 0.6) is 11.5 Å². The number of ether oxygens (including phenoxy) is 2. The molecule has 37 heavy (non-hydrogen) atoms. The molecular weight excluding hydrogens is 535 g/mol. The van der Waals surface area contributed by atoms with Crippen molar-refractivity contribution >= 4 is 63.8 Å². The number of thioether (sulfide) groups is 1. The molecule has 3 aromatic rings. The highest BCUT2D eigenvalue weighted by molar-refractivity contribution is 8.18. The summed E-state index contributed by atoms with van der Waals surface area (Å²) in [6, 6.07) is 16.8. The highest BCUT2D eigenvalue weighted by atomic mass is 35.5. The van der Waals surface area contributed by atoms with Crippen LogP contribution in [0.1, 0.15) is 28.4 Å². The highest BCUT2D eigenvalue weighted by Crippen LogP contribution is 2.36. The summed E-state index contributed by atoms with van der Waals surface area (Å²) in [5, 5.41) is 10.7. The van der Waals surface area contributed by atoms with Gasteiger partial charge < -0.3 is 14.6 Å². The van der Waals surface area contributed by atoms with Gasteiger partial charge in [0, 0.05) is 22.2 Å². The second kappa shape index (κ2) is 11.7. The average molecular weight is 557 g/mol. The number of methoxy groups -OCH3 is 1. The largest absolute Gasteiger partial charge is 0.493 e. The van der Waals surface area contributed by atoms with Gasteiger partial charge >= 0.3 is 5.97 Å². The second-order valence-corrected chi connectivity index (χ2v) is 9.69. The first-order valence-electron chi connectivity index (χ1n) is 11.2. The molecule has 1 aliphatic rings. The molecule has 1 fully saturated rings. The molecule has 7 nitrogen and oxygen atoms in total. The molecule has 0 saturated carbocycles. The van der Waals surface area contributed by atoms with Crippen molar-refractivity contribution in [1.82, 2.24) is 4.90 Å². The Hall–Kier alpha value is -3.46. The van der Waals surface area contributed by atoms with Crippen LogP contribution in [0.15, 0.2) is 70.6 Å². The average Bonchev–Trinajstić information content (AvgIpc) is 3.17. The lowest BCUT2D eigenvalue weighted by atomic mass is 10.1. The quantitative estimate of drug-likeness (QED) is 0.303. The van der Waals surface area contributed by atoms with E-state index in [2.05, 4.69) is 4.99 Å². The zero-order valence-electron chi connectivity index (χ0n) is 19.9. The number of halogens is 2. The van der Waals surface area contributed by atoms with Gasteiger partial charge in [-0.25, -0.2) is 9.79 Å². The van der Waals surface area contributed by atoms with E-state index in [0.29, 0.717) is 43.8 Å². The van der Waals surface area contributed by atoms with Crippen molar-refractivity contribution in [2.75, 3.05) is 13.7 Å². The Balaban J connectivity index is 1.53. The third-order valence-electron chi connectivity index (χ3n) is 5.43. The summed E-state index contributed by atoms with van der Waals surface area (Å²) in [5.41, 5.74) is 2.28. The van der Waals surface area contributed by atoms with Crippen LogP contribution in [-0.4, -0.2) is 40.7 Å². The normalized spacial score (nSPS) is 15.5. The van der Waals surface area contributed by atoms with Gasteiger partial charge in [-0.2, -0.15) is 0 Å². The Kier molecular flexibility index (Phi) is 8.43. The second-order valence-electron chi connectivity index (χ2n) is 7.84. The zero-order valence-corrected chi connectivity index (χ0v) is 22.2. The van der Waals surface area contributed by atoms with Gasteiger partial charge in [0.2, 0.25) is 0 Å². The predicted molar refractivity (Wildman–Crippen MR) is 147 cm³/mol. The summed E-state index contributed by atoms with van der Waals surface area (Å²) in [4.78, 5) is 30.7. The molecule has 4 rings (SSSR count). The molecule has 0 radical (unpaired) electrons. The van der Waals surface area contributed by atoms with Crippen molar-refractivity contribution in [3.8, 4) is 11.5 Å². The molecule has 1 aliphatic heterocycles. The molecule has 190 valence electrons. The van der Waals surface area contributed by atoms with Crippen molar-refractivity contribution in [1.29, 1.82) is 0 Å². The number of carbonyl (C=O) groups excluding carboxylic acids is 1. The minimum absolute atomic E-state index is 0.162. The van der Waals surface area contributed by atoms with Crippen LogP contribution in [-0.2, 0) is 11.4 Å². The maximum atomic E-state index is 13.0. The zero-order chi connectivity index (χ0) is 26.5. The number of rotatable bonds is 8. The standard InChI is InChI=1S/C27H22Cl2N2O5S/c1-3-31-25(32)24(37-27(31)30-20-9-6-17(7-10-20)26(33)34)13-16-4-11-22(23(12-16)35-2)36-15-18-5-8-19(28)14-21(18)29/h4-14H,3,15H2,1-2H3,(H,33,34). The van der Waals surface area contributed by atoms with Crippen LogP contribution in [0.2, 0.25) is 10.0 Å². The molecule has 1 amide bonds. The van der Waals surface area contributed by atoms with Crippen molar-refractivity contribution in [2.24, 2.45) is 4.99 Å². The predicted octanol–water partition coefficient (Wildman–Crippen LogP) is 6.90. The first-order chi connectivity index (χ1) is 17.8. The van der Waals surface area contributed by atoms with E-state index in [-0.39, 0.29) is 18.1 Å². The number of benzene rings is 3. The summed E-state index contributed by atoms with van der Waals surface area (Å²) < 4.78 is 11.4. The van der Waals surface area contributed by atoms with Crippen LogP contribution < -0.4 is 9.47 Å². The molecule has 1 saturated heterocycles. The van der Waals surface area contributed by atoms with E-state index < -0.39 is 5.97 Å². The Morgan fingerprint density at radius 1 is 1.08 bits per heavy atom. The molecule has 10 heteroatoms. The van der Waals surface area contributed by atoms with Crippen LogP contribution in [0.25, 0.3) is 6.08 Å². The number of hydrogen-bond acceptors (Lipinski definition) is 6. The number of aliphatic imine (C=N–C) groups is 1. The monoisotopic (exact) mass is 556 g/mol. The minimum Gasteiger partial charge on any atom is -0.493 e. The van der Waals surface area contributed by atoms with Gasteiger partial charge in [0.15, 0.2) is 16.7 Å². The lowest BCUT2D eigenvalue weighted by Crippen LogP contribution is -2.28. The number of hydrogen-bond donors (Lipinski definition) is 1. The first kappa shape index (κ1) is 26.6. The van der Waals surface area contributed by atoms with E-state index in [9.17, 15) is 9.59 Å². The number of aromatic carboxylic acids is 1. The maximum Gasteiger partial charge on any atom is 0.335 e. The van der Waals surface area contributed by atoms with Crippen molar-refractivity contribution in [3.63, 3.8) is 0 Å². The Bertz CT molecular complexity index is 1410. The van der Waals surface area contributed by atoms with E-state index in [1.807, 2.05) is 13.0 Å². The topological polar surface area (TPSA) is 88.4 Å². The number of likely N-dealkylation sites (N-methyl/N-ethyl adjacent to an activating group) is 1. The molecule has 3 aromatic carbocycles. The first-order valence-corrected chi connectivity index (χ1v) is 12.7. The van der Waals surface area contributed by atoms with Gasteiger partial charge in [-0.05, 0) is 78.9 Å². The van der Waals surface area contributed by atoms with E-state index in [1.54, 1.807) is 60.6 Å². The van der Waals surface area contributed by atoms with Crippen LogP contribution in [0.3, 0.4) is 0 Å². The number of carboxylic acid groups (broad SMARTS) is 1. The van der Waals surface area contributed by atoms with Gasteiger partial charge in [0.25, 0.3) is 5.91 Å². The highest BCUT2D eigenvalue weighted by Gasteiger charge is 2.32. The number of carbonyl (C=O) groups is 2. The lowest BCUT2D eigenvalue weighted by Gasteiger charge is -2.13. The van der Waals surface area contributed by atoms with Crippen LogP contribution >= 0.6 is 35.0 Å². The lowest BCUT2D eigenvalue weighted by molar-refractivity contribution is -0.122. The number of amidine groups is 1. The molecule has 0 atom stereocenters. The van der Waals surface area contributed by atoms with Crippen LogP contribution in [0, 0.1) is 0 Å². The summed E-state index contributed by atoms with van der Waals surface area (Å²) in [6.45, 7) is 2.55. The Labute approximate surface area is 228 Å². The minimum atomic E-state index is -1.01. The van der Waals surface area contributed by atoms with Crippen molar-refractivity contribution < 1.29 is 24.2 Å². The summed E-state index contributed by atoms with van der Waals surface area (Å²) in [7, 11) is 1.54. The molecule has 1 heterocycles. The number of nitrogens with zero attached hydrogens (tertiary/aromatic N) is 2. The summed E-state index contributed by atoms with van der Waals surface area (Å²) in [5.74, 6) is -0.131. The van der Waals surface area contributed by atoms with Gasteiger partial charge in [-0.15, -0.1) is 0 Å². The molecule has 0 bridgehead atoms. The number of amides is 1. The van der Waals surface area contributed by atoms with Gasteiger partial charge in [-0.3, -0.25) is 9.69 Å². The smallest absolute Gasteiger partial charge is 0.335 e. The molecule has 0 spiro atoms. The van der Waals surface area contributed by atoms with Gasteiger partial charge in [0.05, 0.1) is 23.3 Å². The van der Waals surface area contributed by atoms with Gasteiger partial charge in [-0.1, -0.05) is 35.3 Å². The van der Waals surface area contributed by atoms with E-state index in [0.717, 1.165) is 11.1 Å². The fourth-order valence-corrected chi connectivity index (χ4v) is 5.02. The van der Waals surface area contributed by atoms with E-state index in [4.69, 9.17) is 37.8 Å². The van der Waals surface area contributed by atoms with E-state index >= 15 is 0 Å². The summed E-state index contributed by atoms with van der Waals surface area (Å²) in [6.07, 6.45) is 1.77. The number of carboxylic acids is 1. The molecule has 0 unspecified atom stereocenters. The molecule has 1 N–H and O–H groups in total.